The lowest BCUT2D eigenvalue weighted by molar-refractivity contribution is -0.146. The van der Waals surface area contributed by atoms with E-state index < -0.39 is 34.7 Å². The number of nitriles is 1. The summed E-state index contributed by atoms with van der Waals surface area (Å²) < 4.78 is 39.4. The summed E-state index contributed by atoms with van der Waals surface area (Å²) in [4.78, 5) is 40.1. The van der Waals surface area contributed by atoms with Crippen molar-refractivity contribution >= 4 is 27.5 Å². The Balaban J connectivity index is 1.95. The highest BCUT2D eigenvalue weighted by Crippen LogP contribution is 2.35. The minimum atomic E-state index is -1.91. The molecule has 3 heterocycles. The van der Waals surface area contributed by atoms with Crippen LogP contribution >= 0.6 is 11.3 Å². The van der Waals surface area contributed by atoms with Crippen LogP contribution in [0.15, 0.2) is 27.8 Å². The molecule has 11 nitrogen and oxygen atoms in total. The summed E-state index contributed by atoms with van der Waals surface area (Å²) >= 11 is 0.958. The Morgan fingerprint density at radius 1 is 1.29 bits per heavy atom. The number of methoxy groups -OCH3 is 1. The van der Waals surface area contributed by atoms with E-state index in [9.17, 15) is 29.1 Å². The molecule has 0 bridgehead atoms. The smallest absolute Gasteiger partial charge is 0.333 e. The van der Waals surface area contributed by atoms with Gasteiger partial charge >= 0.3 is 11.7 Å². The average molecular weight is 590 g/mol. The molecule has 1 aliphatic heterocycles. The van der Waals surface area contributed by atoms with E-state index >= 15 is 0 Å². The van der Waals surface area contributed by atoms with Crippen LogP contribution in [0, 0.1) is 24.1 Å². The highest BCUT2D eigenvalue weighted by molar-refractivity contribution is 7.19. The Morgan fingerprint density at radius 2 is 2.00 bits per heavy atom. The van der Waals surface area contributed by atoms with Gasteiger partial charge in [-0.2, -0.15) is 5.26 Å². The third-order valence-corrected chi connectivity index (χ3v) is 8.35. The first-order valence-electron chi connectivity index (χ1n) is 13.1. The van der Waals surface area contributed by atoms with Gasteiger partial charge in [-0.05, 0) is 57.4 Å². The van der Waals surface area contributed by atoms with Crippen molar-refractivity contribution in [1.82, 2.24) is 9.13 Å². The molecule has 1 aromatic carbocycles. The first-order chi connectivity index (χ1) is 19.5. The third kappa shape index (κ3) is 6.06. The molecule has 0 aliphatic carbocycles. The SMILES string of the molecule is COCCOc1ccc(F)cc1C(Cn1c(=O)n(C(C)(C)C(=O)O)c(=O)c2c(C)c(C#N)sc21)OC1CCOCC1. The summed E-state index contributed by atoms with van der Waals surface area (Å²) in [5.74, 6) is -1.61. The van der Waals surface area contributed by atoms with E-state index in [0.717, 1.165) is 11.3 Å². The van der Waals surface area contributed by atoms with Gasteiger partial charge in [-0.15, -0.1) is 11.3 Å². The molecule has 0 radical (unpaired) electrons. The second kappa shape index (κ2) is 12.5. The van der Waals surface area contributed by atoms with Gasteiger partial charge in [0.2, 0.25) is 0 Å². The van der Waals surface area contributed by atoms with Gasteiger partial charge in [0.1, 0.15) is 45.6 Å². The van der Waals surface area contributed by atoms with Crippen LogP contribution in [0.4, 0.5) is 4.39 Å². The van der Waals surface area contributed by atoms with E-state index in [2.05, 4.69) is 0 Å². The maximum Gasteiger partial charge on any atom is 0.333 e. The molecule has 3 aromatic rings. The number of rotatable bonds is 11. The van der Waals surface area contributed by atoms with Crippen LogP contribution in [0.1, 0.15) is 48.8 Å². The zero-order valence-corrected chi connectivity index (χ0v) is 24.1. The van der Waals surface area contributed by atoms with E-state index in [0.29, 0.717) is 47.5 Å². The highest BCUT2D eigenvalue weighted by atomic mass is 32.1. The number of nitrogens with zero attached hydrogens (tertiary/aromatic N) is 3. The minimum Gasteiger partial charge on any atom is -0.491 e. The average Bonchev–Trinajstić information content (AvgIpc) is 3.28. The van der Waals surface area contributed by atoms with Crippen molar-refractivity contribution in [3.8, 4) is 11.8 Å². The van der Waals surface area contributed by atoms with Crippen molar-refractivity contribution in [1.29, 1.82) is 5.26 Å². The van der Waals surface area contributed by atoms with Crippen LogP contribution in [-0.4, -0.2) is 59.9 Å². The Bertz CT molecular complexity index is 1600. The number of carboxylic acid groups (broad SMARTS) is 1. The second-order valence-corrected chi connectivity index (χ2v) is 11.2. The lowest BCUT2D eigenvalue weighted by Crippen LogP contribution is -2.52. The molecular formula is C28H32FN3O8S. The summed E-state index contributed by atoms with van der Waals surface area (Å²) in [7, 11) is 1.52. The van der Waals surface area contributed by atoms with Crippen molar-refractivity contribution in [2.45, 2.75) is 57.9 Å². The van der Waals surface area contributed by atoms with Gasteiger partial charge in [-0.3, -0.25) is 9.36 Å². The number of carboxylic acids is 1. The molecule has 0 amide bonds. The molecule has 1 N–H and O–H groups in total. The van der Waals surface area contributed by atoms with Crippen LogP contribution in [0.3, 0.4) is 0 Å². The quantitative estimate of drug-likeness (QED) is 0.333. The normalized spacial score (nSPS) is 15.1. The lowest BCUT2D eigenvalue weighted by atomic mass is 10.0. The fourth-order valence-electron chi connectivity index (χ4n) is 4.76. The number of aliphatic carboxylic acids is 1. The predicted molar refractivity (Wildman–Crippen MR) is 148 cm³/mol. The zero-order valence-electron chi connectivity index (χ0n) is 23.3. The Kier molecular flexibility index (Phi) is 9.28. The molecule has 1 fully saturated rings. The standard InChI is InChI=1S/C28H32FN3O8S/c1-16-22(14-30)41-25-23(16)24(33)32(28(2,3)26(34)35)27(36)31(25)15-21(40-18-7-9-38-10-8-18)19-13-17(29)5-6-20(19)39-12-11-37-4/h5-6,13,18,21H,7-12,15H2,1-4H3,(H,34,35). The molecule has 0 spiro atoms. The lowest BCUT2D eigenvalue weighted by Gasteiger charge is -2.30. The molecule has 1 unspecified atom stereocenters. The number of hydrogen-bond acceptors (Lipinski definition) is 9. The van der Waals surface area contributed by atoms with Crippen LogP contribution in [0.5, 0.6) is 5.75 Å². The van der Waals surface area contributed by atoms with Crippen molar-refractivity contribution in [3.63, 3.8) is 0 Å². The number of ether oxygens (including phenoxy) is 4. The number of aryl methyl sites for hydroxylation is 1. The number of hydrogen-bond donors (Lipinski definition) is 1. The summed E-state index contributed by atoms with van der Waals surface area (Å²) in [6.45, 7) is 5.27. The molecule has 13 heteroatoms. The summed E-state index contributed by atoms with van der Waals surface area (Å²) in [5, 5.41) is 19.7. The molecule has 1 atom stereocenters. The maximum atomic E-state index is 14.6. The van der Waals surface area contributed by atoms with E-state index in [4.69, 9.17) is 18.9 Å². The van der Waals surface area contributed by atoms with E-state index in [1.54, 1.807) is 6.92 Å². The molecule has 1 aliphatic rings. The molecule has 0 saturated carbocycles. The first kappa shape index (κ1) is 30.4. The Hall–Kier alpha value is -3.57. The Morgan fingerprint density at radius 3 is 2.63 bits per heavy atom. The summed E-state index contributed by atoms with van der Waals surface area (Å²) in [5.41, 5.74) is -2.93. The number of aromatic nitrogens is 2. The van der Waals surface area contributed by atoms with Crippen LogP contribution in [0.2, 0.25) is 0 Å². The molecule has 1 saturated heterocycles. The number of fused-ring (bicyclic) bond motifs is 1. The van der Waals surface area contributed by atoms with Gasteiger partial charge < -0.3 is 24.1 Å². The molecule has 220 valence electrons. The van der Waals surface area contributed by atoms with E-state index in [1.807, 2.05) is 6.07 Å². The number of carbonyl (C=O) groups is 1. The first-order valence-corrected chi connectivity index (χ1v) is 13.9. The largest absolute Gasteiger partial charge is 0.491 e. The van der Waals surface area contributed by atoms with Gasteiger partial charge in [0.25, 0.3) is 5.56 Å². The fourth-order valence-corrected chi connectivity index (χ4v) is 5.86. The van der Waals surface area contributed by atoms with Crippen LogP contribution in [-0.2, 0) is 31.1 Å². The third-order valence-electron chi connectivity index (χ3n) is 7.13. The monoisotopic (exact) mass is 589 g/mol. The topological polar surface area (TPSA) is 142 Å². The number of benzene rings is 1. The van der Waals surface area contributed by atoms with Gasteiger partial charge in [0.05, 0.1) is 24.6 Å². The van der Waals surface area contributed by atoms with Crippen LogP contribution in [0.25, 0.3) is 10.2 Å². The maximum absolute atomic E-state index is 14.6. The summed E-state index contributed by atoms with van der Waals surface area (Å²) in [6, 6.07) is 6.04. The molecule has 4 rings (SSSR count). The van der Waals surface area contributed by atoms with Crippen molar-refractivity contribution in [2.75, 3.05) is 33.5 Å². The fraction of sp³-hybridized carbons (Fsp3) is 0.500. The number of halogens is 1. The van der Waals surface area contributed by atoms with E-state index in [1.165, 1.54) is 43.7 Å². The van der Waals surface area contributed by atoms with Gasteiger partial charge in [-0.25, -0.2) is 18.5 Å². The van der Waals surface area contributed by atoms with E-state index in [-0.39, 0.29) is 41.0 Å². The van der Waals surface area contributed by atoms with Gasteiger partial charge in [-0.1, -0.05) is 0 Å². The minimum absolute atomic E-state index is 0.0705. The molecule has 2 aromatic heterocycles. The van der Waals surface area contributed by atoms with Crippen LogP contribution < -0.4 is 16.0 Å². The molecular weight excluding hydrogens is 557 g/mol. The number of thiophene rings is 1. The van der Waals surface area contributed by atoms with Crippen molar-refractivity contribution in [3.05, 3.63) is 60.9 Å². The molecule has 41 heavy (non-hydrogen) atoms. The Labute approximate surface area is 239 Å². The van der Waals surface area contributed by atoms with Gasteiger partial charge in [0.15, 0.2) is 0 Å². The van der Waals surface area contributed by atoms with Gasteiger partial charge in [0, 0.05) is 25.9 Å². The predicted octanol–water partition coefficient (Wildman–Crippen LogP) is 3.33. The summed E-state index contributed by atoms with van der Waals surface area (Å²) in [6.07, 6.45) is -0.0913. The zero-order chi connectivity index (χ0) is 29.9. The second-order valence-electron chi connectivity index (χ2n) is 10.2. The van der Waals surface area contributed by atoms with Crippen molar-refractivity contribution < 1.29 is 33.2 Å². The highest BCUT2D eigenvalue weighted by Gasteiger charge is 2.36. The van der Waals surface area contributed by atoms with Crippen molar-refractivity contribution in [2.24, 2.45) is 0 Å².